The van der Waals surface area contributed by atoms with Gasteiger partial charge in [-0.15, -0.1) is 0 Å². The number of nitrogens with one attached hydrogen (secondary N) is 1. The Hall–Kier alpha value is -2.63. The molecule has 20 heavy (non-hydrogen) atoms. The second-order valence-corrected chi connectivity index (χ2v) is 4.25. The summed E-state index contributed by atoms with van der Waals surface area (Å²) in [4.78, 5) is 6.98. The molecule has 0 amide bonds. The van der Waals surface area contributed by atoms with Gasteiger partial charge >= 0.3 is 0 Å². The molecule has 0 unspecified atom stereocenters. The quantitative estimate of drug-likeness (QED) is 0.755. The van der Waals surface area contributed by atoms with Crippen LogP contribution in [0.25, 0.3) is 22.4 Å². The lowest BCUT2D eigenvalue weighted by Gasteiger charge is -2.04. The van der Waals surface area contributed by atoms with Gasteiger partial charge in [-0.05, 0) is 18.2 Å². The monoisotopic (exact) mass is 276 g/mol. The Morgan fingerprint density at radius 1 is 1.15 bits per heavy atom. The van der Waals surface area contributed by atoms with Crippen molar-refractivity contribution >= 4 is 11.0 Å². The first-order valence-corrected chi connectivity index (χ1v) is 5.80. The van der Waals surface area contributed by atoms with Crippen molar-refractivity contribution in [1.82, 2.24) is 9.97 Å². The zero-order valence-corrected chi connectivity index (χ0v) is 10.4. The Labute approximate surface area is 112 Å². The molecule has 0 saturated carbocycles. The number of phenolic OH excluding ortho intramolecular Hbond substituents is 1. The Kier molecular flexibility index (Phi) is 2.78. The highest BCUT2D eigenvalue weighted by Gasteiger charge is 2.13. The highest BCUT2D eigenvalue weighted by atomic mass is 19.2. The lowest BCUT2D eigenvalue weighted by Crippen LogP contribution is -1.86. The molecule has 2 N–H and O–H groups in total. The molecule has 3 rings (SSSR count). The van der Waals surface area contributed by atoms with E-state index in [1.807, 2.05) is 0 Å². The number of aromatic amines is 1. The van der Waals surface area contributed by atoms with Gasteiger partial charge in [0, 0.05) is 12.1 Å². The lowest BCUT2D eigenvalue weighted by atomic mass is 10.2. The molecule has 0 saturated heterocycles. The maximum atomic E-state index is 13.2. The van der Waals surface area contributed by atoms with Crippen molar-refractivity contribution in [1.29, 1.82) is 0 Å². The van der Waals surface area contributed by atoms with E-state index in [1.54, 1.807) is 12.1 Å². The smallest absolute Gasteiger partial charge is 0.161 e. The summed E-state index contributed by atoms with van der Waals surface area (Å²) in [6, 6.07) is 6.67. The molecule has 0 atom stereocenters. The van der Waals surface area contributed by atoms with Crippen LogP contribution < -0.4 is 4.74 Å². The Morgan fingerprint density at radius 2 is 1.90 bits per heavy atom. The second-order valence-electron chi connectivity index (χ2n) is 4.25. The van der Waals surface area contributed by atoms with Crippen LogP contribution in [0.2, 0.25) is 0 Å². The standard InChI is InChI=1S/C14H10F2N2O2/c1-20-7-2-3-13(19)8(4-7)14-17-11-5-9(15)10(16)6-12(11)18-14/h2-6,19H,1H3,(H,17,18). The van der Waals surface area contributed by atoms with E-state index in [-0.39, 0.29) is 11.3 Å². The van der Waals surface area contributed by atoms with Crippen LogP contribution in [0.1, 0.15) is 0 Å². The molecule has 1 aromatic heterocycles. The number of hydrogen-bond donors (Lipinski definition) is 2. The largest absolute Gasteiger partial charge is 0.507 e. The molecule has 0 bridgehead atoms. The minimum absolute atomic E-state index is 0.00852. The fourth-order valence-electron chi connectivity index (χ4n) is 1.96. The van der Waals surface area contributed by atoms with Crippen LogP contribution in [-0.2, 0) is 0 Å². The van der Waals surface area contributed by atoms with Crippen LogP contribution in [0.3, 0.4) is 0 Å². The topological polar surface area (TPSA) is 58.1 Å². The van der Waals surface area contributed by atoms with Crippen LogP contribution in [0, 0.1) is 11.6 Å². The fraction of sp³-hybridized carbons (Fsp3) is 0.0714. The van der Waals surface area contributed by atoms with Crippen molar-refractivity contribution in [3.8, 4) is 22.9 Å². The first-order valence-electron chi connectivity index (χ1n) is 5.80. The first-order chi connectivity index (χ1) is 9.58. The number of aromatic hydroxyl groups is 1. The molecule has 3 aromatic rings. The van der Waals surface area contributed by atoms with Gasteiger partial charge in [0.1, 0.15) is 17.3 Å². The van der Waals surface area contributed by atoms with Crippen molar-refractivity contribution in [2.75, 3.05) is 7.11 Å². The van der Waals surface area contributed by atoms with Gasteiger partial charge in [0.15, 0.2) is 11.6 Å². The molecule has 4 nitrogen and oxygen atoms in total. The van der Waals surface area contributed by atoms with E-state index in [4.69, 9.17) is 4.74 Å². The van der Waals surface area contributed by atoms with Crippen molar-refractivity contribution in [2.45, 2.75) is 0 Å². The molecule has 0 aliphatic rings. The summed E-state index contributed by atoms with van der Waals surface area (Å²) < 4.78 is 31.4. The number of ether oxygens (including phenoxy) is 1. The van der Waals surface area contributed by atoms with E-state index >= 15 is 0 Å². The maximum absolute atomic E-state index is 13.2. The molecular formula is C14H10F2N2O2. The van der Waals surface area contributed by atoms with E-state index in [0.29, 0.717) is 22.7 Å². The average Bonchev–Trinajstić information content (AvgIpc) is 2.82. The number of halogens is 2. The summed E-state index contributed by atoms with van der Waals surface area (Å²) in [5.41, 5.74) is 1.02. The summed E-state index contributed by atoms with van der Waals surface area (Å²) in [5, 5.41) is 9.85. The number of H-pyrrole nitrogens is 1. The van der Waals surface area contributed by atoms with Gasteiger partial charge < -0.3 is 14.8 Å². The second kappa shape index (κ2) is 4.48. The van der Waals surface area contributed by atoms with Gasteiger partial charge in [0.05, 0.1) is 23.7 Å². The normalized spacial score (nSPS) is 10.9. The van der Waals surface area contributed by atoms with E-state index in [0.717, 1.165) is 12.1 Å². The maximum Gasteiger partial charge on any atom is 0.161 e. The molecule has 102 valence electrons. The number of imidazole rings is 1. The van der Waals surface area contributed by atoms with E-state index < -0.39 is 11.6 Å². The summed E-state index contributed by atoms with van der Waals surface area (Å²) >= 11 is 0. The SMILES string of the molecule is COc1ccc(O)c(-c2nc3cc(F)c(F)cc3[nH]2)c1. The molecule has 0 aliphatic heterocycles. The summed E-state index contributed by atoms with van der Waals surface area (Å²) in [6.45, 7) is 0. The zero-order valence-electron chi connectivity index (χ0n) is 10.4. The van der Waals surface area contributed by atoms with E-state index in [2.05, 4.69) is 9.97 Å². The molecule has 0 fully saturated rings. The third kappa shape index (κ3) is 1.95. The van der Waals surface area contributed by atoms with Gasteiger partial charge in [0.25, 0.3) is 0 Å². The van der Waals surface area contributed by atoms with Gasteiger partial charge in [0.2, 0.25) is 0 Å². The Morgan fingerprint density at radius 3 is 2.65 bits per heavy atom. The molecule has 2 aromatic carbocycles. The molecular weight excluding hydrogens is 266 g/mol. The summed E-state index contributed by atoms with van der Waals surface area (Å²) in [5.74, 6) is -1.09. The van der Waals surface area contributed by atoms with Gasteiger partial charge in [-0.3, -0.25) is 0 Å². The zero-order chi connectivity index (χ0) is 14.3. The van der Waals surface area contributed by atoms with Crippen molar-refractivity contribution in [3.63, 3.8) is 0 Å². The average molecular weight is 276 g/mol. The first kappa shape index (κ1) is 12.4. The summed E-state index contributed by atoms with van der Waals surface area (Å²) in [7, 11) is 1.50. The van der Waals surface area contributed by atoms with Crippen molar-refractivity contribution in [3.05, 3.63) is 42.0 Å². The molecule has 0 radical (unpaired) electrons. The predicted octanol–water partition coefficient (Wildman–Crippen LogP) is 3.22. The Bertz CT molecular complexity index is 760. The van der Waals surface area contributed by atoms with Crippen molar-refractivity contribution in [2.24, 2.45) is 0 Å². The van der Waals surface area contributed by atoms with Crippen LogP contribution in [0.15, 0.2) is 30.3 Å². The summed E-state index contributed by atoms with van der Waals surface area (Å²) in [6.07, 6.45) is 0. The van der Waals surface area contributed by atoms with Gasteiger partial charge in [-0.25, -0.2) is 13.8 Å². The van der Waals surface area contributed by atoms with Crippen molar-refractivity contribution < 1.29 is 18.6 Å². The van der Waals surface area contributed by atoms with Crippen LogP contribution in [0.4, 0.5) is 8.78 Å². The minimum Gasteiger partial charge on any atom is -0.507 e. The highest BCUT2D eigenvalue weighted by molar-refractivity contribution is 5.81. The van der Waals surface area contributed by atoms with Crippen LogP contribution in [0.5, 0.6) is 11.5 Å². The fourth-order valence-corrected chi connectivity index (χ4v) is 1.96. The number of methoxy groups -OCH3 is 1. The predicted molar refractivity (Wildman–Crippen MR) is 69.7 cm³/mol. The minimum atomic E-state index is -0.967. The number of nitrogens with zero attached hydrogens (tertiary/aromatic N) is 1. The van der Waals surface area contributed by atoms with Crippen LogP contribution in [-0.4, -0.2) is 22.2 Å². The molecule has 0 aliphatic carbocycles. The Balaban J connectivity index is 2.19. The van der Waals surface area contributed by atoms with E-state index in [1.165, 1.54) is 13.2 Å². The van der Waals surface area contributed by atoms with Crippen LogP contribution >= 0.6 is 0 Å². The van der Waals surface area contributed by atoms with E-state index in [9.17, 15) is 13.9 Å². The number of rotatable bonds is 2. The third-order valence-corrected chi connectivity index (χ3v) is 2.98. The molecule has 0 spiro atoms. The molecule has 1 heterocycles. The number of fused-ring (bicyclic) bond motifs is 1. The van der Waals surface area contributed by atoms with Gasteiger partial charge in [-0.1, -0.05) is 0 Å². The lowest BCUT2D eigenvalue weighted by molar-refractivity contribution is 0.412. The number of benzene rings is 2. The number of phenols is 1. The molecule has 6 heteroatoms. The highest BCUT2D eigenvalue weighted by Crippen LogP contribution is 2.32. The number of hydrogen-bond acceptors (Lipinski definition) is 3. The number of aromatic nitrogens is 2. The third-order valence-electron chi connectivity index (χ3n) is 2.98. The van der Waals surface area contributed by atoms with Gasteiger partial charge in [-0.2, -0.15) is 0 Å².